The van der Waals surface area contributed by atoms with Gasteiger partial charge in [0.1, 0.15) is 11.5 Å². The molecule has 0 amide bonds. The van der Waals surface area contributed by atoms with Crippen LogP contribution in [0.3, 0.4) is 0 Å². The molecule has 0 aliphatic carbocycles. The zero-order valence-electron chi connectivity index (χ0n) is 10.9. The summed E-state index contributed by atoms with van der Waals surface area (Å²) in [5.41, 5.74) is 8.14. The first-order valence-electron chi connectivity index (χ1n) is 5.60. The Balaban J connectivity index is 0.00000256. The highest BCUT2D eigenvalue weighted by Crippen LogP contribution is 2.31. The van der Waals surface area contributed by atoms with Crippen LogP contribution in [0, 0.1) is 6.92 Å². The average Bonchev–Trinajstić information content (AvgIpc) is 2.29. The van der Waals surface area contributed by atoms with E-state index in [2.05, 4.69) is 6.92 Å². The van der Waals surface area contributed by atoms with Crippen molar-refractivity contribution < 1.29 is 9.47 Å². The molecule has 0 saturated carbocycles. The molecular formula is C13H22ClNO2. The van der Waals surface area contributed by atoms with Crippen molar-refractivity contribution in [3.8, 4) is 11.5 Å². The number of rotatable bonds is 5. The van der Waals surface area contributed by atoms with Crippen LogP contribution in [0.5, 0.6) is 11.5 Å². The molecule has 1 aromatic carbocycles. The van der Waals surface area contributed by atoms with Gasteiger partial charge in [-0.05, 0) is 31.4 Å². The molecule has 4 heteroatoms. The van der Waals surface area contributed by atoms with Gasteiger partial charge in [0, 0.05) is 11.6 Å². The van der Waals surface area contributed by atoms with E-state index in [-0.39, 0.29) is 18.4 Å². The van der Waals surface area contributed by atoms with Crippen molar-refractivity contribution in [2.24, 2.45) is 5.73 Å². The number of methoxy groups -OCH3 is 2. The van der Waals surface area contributed by atoms with Crippen molar-refractivity contribution >= 4 is 12.4 Å². The van der Waals surface area contributed by atoms with Crippen molar-refractivity contribution in [3.63, 3.8) is 0 Å². The lowest BCUT2D eigenvalue weighted by molar-refractivity contribution is 0.384. The second-order valence-electron chi connectivity index (χ2n) is 3.96. The lowest BCUT2D eigenvalue weighted by Gasteiger charge is -2.16. The molecule has 0 aliphatic heterocycles. The van der Waals surface area contributed by atoms with Gasteiger partial charge in [-0.15, -0.1) is 12.4 Å². The molecule has 0 aromatic heterocycles. The Kier molecular flexibility index (Phi) is 7.00. The van der Waals surface area contributed by atoms with Crippen molar-refractivity contribution in [1.29, 1.82) is 0 Å². The van der Waals surface area contributed by atoms with Crippen LogP contribution >= 0.6 is 12.4 Å². The van der Waals surface area contributed by atoms with E-state index in [9.17, 15) is 0 Å². The van der Waals surface area contributed by atoms with Gasteiger partial charge in [-0.1, -0.05) is 13.0 Å². The highest BCUT2D eigenvalue weighted by molar-refractivity contribution is 5.85. The molecule has 3 nitrogen and oxygen atoms in total. The SMILES string of the molecule is CCC(N)Cc1ccc(OC)c(C)c1OC.Cl. The summed E-state index contributed by atoms with van der Waals surface area (Å²) in [6.07, 6.45) is 1.80. The van der Waals surface area contributed by atoms with Gasteiger partial charge < -0.3 is 15.2 Å². The topological polar surface area (TPSA) is 44.5 Å². The van der Waals surface area contributed by atoms with Gasteiger partial charge in [0.05, 0.1) is 14.2 Å². The maximum Gasteiger partial charge on any atom is 0.128 e. The molecule has 2 N–H and O–H groups in total. The van der Waals surface area contributed by atoms with Crippen LogP contribution in [0.2, 0.25) is 0 Å². The maximum atomic E-state index is 5.96. The van der Waals surface area contributed by atoms with Crippen molar-refractivity contribution in [2.45, 2.75) is 32.7 Å². The molecule has 0 bridgehead atoms. The first-order valence-corrected chi connectivity index (χ1v) is 5.60. The number of halogens is 1. The Morgan fingerprint density at radius 1 is 1.24 bits per heavy atom. The maximum absolute atomic E-state index is 5.96. The van der Waals surface area contributed by atoms with Gasteiger partial charge in [-0.2, -0.15) is 0 Å². The molecule has 1 rings (SSSR count). The Labute approximate surface area is 110 Å². The second-order valence-corrected chi connectivity index (χ2v) is 3.96. The van der Waals surface area contributed by atoms with Gasteiger partial charge in [0.15, 0.2) is 0 Å². The monoisotopic (exact) mass is 259 g/mol. The van der Waals surface area contributed by atoms with Crippen molar-refractivity contribution in [2.75, 3.05) is 14.2 Å². The molecule has 1 atom stereocenters. The lowest BCUT2D eigenvalue weighted by Crippen LogP contribution is -2.21. The number of hydrogen-bond donors (Lipinski definition) is 1. The molecule has 0 heterocycles. The predicted octanol–water partition coefficient (Wildman–Crippen LogP) is 2.71. The summed E-state index contributed by atoms with van der Waals surface area (Å²) in [7, 11) is 3.35. The number of benzene rings is 1. The summed E-state index contributed by atoms with van der Waals surface area (Å²) in [5, 5.41) is 0. The number of hydrogen-bond acceptors (Lipinski definition) is 3. The van der Waals surface area contributed by atoms with E-state index in [4.69, 9.17) is 15.2 Å². The summed E-state index contributed by atoms with van der Waals surface area (Å²) in [6, 6.07) is 4.18. The number of nitrogens with two attached hydrogens (primary N) is 1. The van der Waals surface area contributed by atoms with Crippen LogP contribution in [-0.4, -0.2) is 20.3 Å². The number of ether oxygens (including phenoxy) is 2. The molecule has 1 unspecified atom stereocenters. The highest BCUT2D eigenvalue weighted by atomic mass is 35.5. The standard InChI is InChI=1S/C13H21NO2.ClH/c1-5-11(14)8-10-6-7-12(15-3)9(2)13(10)16-4;/h6-7,11H,5,8,14H2,1-4H3;1H. The van der Waals surface area contributed by atoms with Crippen LogP contribution in [0.25, 0.3) is 0 Å². The summed E-state index contributed by atoms with van der Waals surface area (Å²) in [6.45, 7) is 4.09. The molecule has 1 aromatic rings. The highest BCUT2D eigenvalue weighted by Gasteiger charge is 2.12. The Morgan fingerprint density at radius 2 is 1.88 bits per heavy atom. The third kappa shape index (κ3) is 3.79. The van der Waals surface area contributed by atoms with E-state index >= 15 is 0 Å². The van der Waals surface area contributed by atoms with E-state index in [0.29, 0.717) is 0 Å². The fraction of sp³-hybridized carbons (Fsp3) is 0.538. The average molecular weight is 260 g/mol. The van der Waals surface area contributed by atoms with E-state index in [1.54, 1.807) is 14.2 Å². The first kappa shape index (κ1) is 16.1. The molecule has 0 saturated heterocycles. The quantitative estimate of drug-likeness (QED) is 0.884. The Morgan fingerprint density at radius 3 is 2.35 bits per heavy atom. The van der Waals surface area contributed by atoms with Gasteiger partial charge in [-0.25, -0.2) is 0 Å². The Bertz CT molecular complexity index is 356. The van der Waals surface area contributed by atoms with Gasteiger partial charge in [0.2, 0.25) is 0 Å². The smallest absolute Gasteiger partial charge is 0.128 e. The van der Waals surface area contributed by atoms with Crippen molar-refractivity contribution in [3.05, 3.63) is 23.3 Å². The summed E-state index contributed by atoms with van der Waals surface area (Å²) in [5.74, 6) is 1.74. The van der Waals surface area contributed by atoms with Crippen LogP contribution in [0.15, 0.2) is 12.1 Å². The molecule has 17 heavy (non-hydrogen) atoms. The summed E-state index contributed by atoms with van der Waals surface area (Å²) >= 11 is 0. The first-order chi connectivity index (χ1) is 7.63. The molecule has 0 radical (unpaired) electrons. The van der Waals surface area contributed by atoms with Crippen molar-refractivity contribution in [1.82, 2.24) is 0 Å². The van der Waals surface area contributed by atoms with Crippen LogP contribution in [0.4, 0.5) is 0 Å². The third-order valence-corrected chi connectivity index (χ3v) is 2.87. The lowest BCUT2D eigenvalue weighted by atomic mass is 10.0. The van der Waals surface area contributed by atoms with Gasteiger partial charge in [-0.3, -0.25) is 0 Å². The normalized spacial score (nSPS) is 11.6. The van der Waals surface area contributed by atoms with Crippen LogP contribution in [0.1, 0.15) is 24.5 Å². The minimum Gasteiger partial charge on any atom is -0.496 e. The molecule has 0 aliphatic rings. The predicted molar refractivity (Wildman–Crippen MR) is 73.5 cm³/mol. The van der Waals surface area contributed by atoms with E-state index in [0.717, 1.165) is 35.5 Å². The second kappa shape index (κ2) is 7.41. The molecule has 0 fully saturated rings. The zero-order chi connectivity index (χ0) is 12.1. The molecule has 98 valence electrons. The molecular weight excluding hydrogens is 238 g/mol. The fourth-order valence-corrected chi connectivity index (χ4v) is 1.82. The van der Waals surface area contributed by atoms with E-state index < -0.39 is 0 Å². The van der Waals surface area contributed by atoms with Crippen LogP contribution < -0.4 is 15.2 Å². The minimum atomic E-state index is 0. The zero-order valence-corrected chi connectivity index (χ0v) is 11.8. The van der Waals surface area contributed by atoms with Crippen LogP contribution in [-0.2, 0) is 6.42 Å². The van der Waals surface area contributed by atoms with Gasteiger partial charge >= 0.3 is 0 Å². The molecule has 0 spiro atoms. The Hall–Kier alpha value is -0.930. The van der Waals surface area contributed by atoms with Gasteiger partial charge in [0.25, 0.3) is 0 Å². The summed E-state index contributed by atoms with van der Waals surface area (Å²) in [4.78, 5) is 0. The minimum absolute atomic E-state index is 0. The largest absolute Gasteiger partial charge is 0.496 e. The van der Waals surface area contributed by atoms with E-state index in [1.165, 1.54) is 0 Å². The fourth-order valence-electron chi connectivity index (χ4n) is 1.82. The summed E-state index contributed by atoms with van der Waals surface area (Å²) < 4.78 is 10.7. The third-order valence-electron chi connectivity index (χ3n) is 2.87. The van der Waals surface area contributed by atoms with E-state index in [1.807, 2.05) is 19.1 Å².